The summed E-state index contributed by atoms with van der Waals surface area (Å²) in [7, 11) is 1.63. The molecule has 2 heterocycles. The lowest BCUT2D eigenvalue weighted by Crippen LogP contribution is -2.38. The fourth-order valence-electron chi connectivity index (χ4n) is 4.17. The van der Waals surface area contributed by atoms with E-state index in [0.29, 0.717) is 0 Å². The minimum atomic E-state index is -0.760. The molecule has 0 aromatic heterocycles. The molecule has 13 heteroatoms. The number of nitrogens with one attached hydrogen (secondary N) is 3. The maximum atomic E-state index is 15.1. The van der Waals surface area contributed by atoms with Crippen molar-refractivity contribution < 1.29 is 37.4 Å². The molecular weight excluding hydrogens is 504 g/mol. The summed E-state index contributed by atoms with van der Waals surface area (Å²) in [5, 5.41) is 7.91. The standard InChI is InChI=1S/C25H27F2N5O6/c1-14(33)29-9-17-12-31(24(35)37-17)15-3-5-19(21(26)7-15)20-6-4-16(8-22(20)27)32-13-18(38-25(32)36)10-30-23(34)11-28-2/h3-8,17-18,28H,9-13H2,1-2H3,(H,29,33)(H,30,34)/t17-,18-/m0/s1. The van der Waals surface area contributed by atoms with Gasteiger partial charge >= 0.3 is 12.2 Å². The second kappa shape index (κ2) is 11.4. The number of ether oxygens (including phenoxy) is 2. The van der Waals surface area contributed by atoms with Gasteiger partial charge < -0.3 is 25.4 Å². The van der Waals surface area contributed by atoms with Crippen LogP contribution in [0, 0.1) is 11.6 Å². The summed E-state index contributed by atoms with van der Waals surface area (Å²) in [6.07, 6.45) is -2.55. The fourth-order valence-corrected chi connectivity index (χ4v) is 4.17. The molecule has 2 aliphatic rings. The van der Waals surface area contributed by atoms with Gasteiger partial charge in [0.05, 0.1) is 44.1 Å². The molecule has 2 aliphatic heterocycles. The number of rotatable bonds is 9. The van der Waals surface area contributed by atoms with Crippen molar-refractivity contribution in [2.75, 3.05) is 49.6 Å². The van der Waals surface area contributed by atoms with Crippen molar-refractivity contribution in [1.82, 2.24) is 16.0 Å². The van der Waals surface area contributed by atoms with E-state index in [2.05, 4.69) is 16.0 Å². The first-order valence-electron chi connectivity index (χ1n) is 11.9. The molecule has 2 aromatic carbocycles. The molecule has 0 aliphatic carbocycles. The van der Waals surface area contributed by atoms with Gasteiger partial charge in [0.15, 0.2) is 0 Å². The highest BCUT2D eigenvalue weighted by Crippen LogP contribution is 2.33. The smallest absolute Gasteiger partial charge is 0.414 e. The summed E-state index contributed by atoms with van der Waals surface area (Å²) < 4.78 is 40.5. The molecule has 3 N–H and O–H groups in total. The summed E-state index contributed by atoms with van der Waals surface area (Å²) in [5.74, 6) is -2.04. The number of halogens is 2. The van der Waals surface area contributed by atoms with Crippen molar-refractivity contribution >= 4 is 35.4 Å². The molecule has 0 saturated carbocycles. The number of anilines is 2. The van der Waals surface area contributed by atoms with E-state index in [1.807, 2.05) is 0 Å². The summed E-state index contributed by atoms with van der Waals surface area (Å²) in [5.41, 5.74) is 0.386. The summed E-state index contributed by atoms with van der Waals surface area (Å²) in [4.78, 5) is 49.7. The Labute approximate surface area is 217 Å². The van der Waals surface area contributed by atoms with Crippen LogP contribution in [0.5, 0.6) is 0 Å². The Morgan fingerprint density at radius 2 is 1.34 bits per heavy atom. The number of amides is 4. The molecule has 11 nitrogen and oxygen atoms in total. The van der Waals surface area contributed by atoms with Crippen LogP contribution in [-0.4, -0.2) is 76.0 Å². The highest BCUT2D eigenvalue weighted by Gasteiger charge is 2.34. The van der Waals surface area contributed by atoms with Gasteiger partial charge in [-0.15, -0.1) is 0 Å². The van der Waals surface area contributed by atoms with Gasteiger partial charge in [-0.1, -0.05) is 0 Å². The number of cyclic esters (lactones) is 2. The topological polar surface area (TPSA) is 129 Å². The summed E-state index contributed by atoms with van der Waals surface area (Å²) in [6, 6.07) is 7.86. The van der Waals surface area contributed by atoms with Crippen LogP contribution >= 0.6 is 0 Å². The minimum Gasteiger partial charge on any atom is -0.442 e. The highest BCUT2D eigenvalue weighted by molar-refractivity contribution is 5.91. The summed E-state index contributed by atoms with van der Waals surface area (Å²) >= 11 is 0. The van der Waals surface area contributed by atoms with E-state index in [-0.39, 0.29) is 67.0 Å². The average molecular weight is 532 g/mol. The van der Waals surface area contributed by atoms with E-state index in [1.165, 1.54) is 41.0 Å². The maximum absolute atomic E-state index is 15.1. The molecule has 0 unspecified atom stereocenters. The SMILES string of the molecule is CNCC(=O)NC[C@H]1CN(c2ccc(-c3ccc(N4C[C@H](CNC(C)=O)OC4=O)cc3F)c(F)c2)C(=O)O1. The number of hydrogen-bond acceptors (Lipinski definition) is 7. The van der Waals surface area contributed by atoms with Crippen LogP contribution in [0.25, 0.3) is 11.1 Å². The lowest BCUT2D eigenvalue weighted by molar-refractivity contribution is -0.120. The van der Waals surface area contributed by atoms with E-state index >= 15 is 8.78 Å². The number of carbonyl (C=O) groups excluding carboxylic acids is 4. The van der Waals surface area contributed by atoms with Gasteiger partial charge in [-0.05, 0) is 43.4 Å². The van der Waals surface area contributed by atoms with Crippen molar-refractivity contribution in [3.8, 4) is 11.1 Å². The fraction of sp³-hybridized carbons (Fsp3) is 0.360. The van der Waals surface area contributed by atoms with Crippen molar-refractivity contribution in [1.29, 1.82) is 0 Å². The van der Waals surface area contributed by atoms with Crippen LogP contribution in [0.15, 0.2) is 36.4 Å². The minimum absolute atomic E-state index is 0.0331. The molecule has 2 aromatic rings. The molecule has 2 saturated heterocycles. The van der Waals surface area contributed by atoms with Gasteiger partial charge in [0, 0.05) is 18.1 Å². The second-order valence-electron chi connectivity index (χ2n) is 8.83. The Bertz CT molecular complexity index is 1260. The molecule has 38 heavy (non-hydrogen) atoms. The Kier molecular flexibility index (Phi) is 8.05. The van der Waals surface area contributed by atoms with Crippen molar-refractivity contribution in [2.45, 2.75) is 19.1 Å². The molecular formula is C25H27F2N5O6. The first kappa shape index (κ1) is 26.8. The predicted octanol–water partition coefficient (Wildman–Crippen LogP) is 1.75. The maximum Gasteiger partial charge on any atom is 0.414 e. The van der Waals surface area contributed by atoms with E-state index in [9.17, 15) is 19.2 Å². The first-order valence-corrected chi connectivity index (χ1v) is 11.9. The average Bonchev–Trinajstić information content (AvgIpc) is 3.43. The van der Waals surface area contributed by atoms with Crippen LogP contribution in [0.4, 0.5) is 29.7 Å². The van der Waals surface area contributed by atoms with Crippen LogP contribution < -0.4 is 25.8 Å². The van der Waals surface area contributed by atoms with Gasteiger partial charge in [0.25, 0.3) is 0 Å². The number of hydrogen-bond donors (Lipinski definition) is 3. The van der Waals surface area contributed by atoms with Crippen molar-refractivity contribution in [3.05, 3.63) is 48.0 Å². The Morgan fingerprint density at radius 1 is 0.868 bits per heavy atom. The zero-order valence-electron chi connectivity index (χ0n) is 20.8. The van der Waals surface area contributed by atoms with Gasteiger partial charge in [-0.3, -0.25) is 19.4 Å². The number of carbonyl (C=O) groups is 4. The molecule has 2 atom stereocenters. The molecule has 2 fully saturated rings. The molecule has 4 rings (SSSR count). The van der Waals surface area contributed by atoms with Gasteiger partial charge in [-0.2, -0.15) is 0 Å². The van der Waals surface area contributed by atoms with Crippen LogP contribution in [0.2, 0.25) is 0 Å². The molecule has 0 bridgehead atoms. The molecule has 0 spiro atoms. The van der Waals surface area contributed by atoms with E-state index in [0.717, 1.165) is 12.1 Å². The summed E-state index contributed by atoms with van der Waals surface area (Å²) in [6.45, 7) is 1.93. The largest absolute Gasteiger partial charge is 0.442 e. The number of likely N-dealkylation sites (N-methyl/N-ethyl adjacent to an activating group) is 1. The zero-order valence-corrected chi connectivity index (χ0v) is 20.8. The highest BCUT2D eigenvalue weighted by atomic mass is 19.1. The van der Waals surface area contributed by atoms with Gasteiger partial charge in [0.2, 0.25) is 11.8 Å². The zero-order chi connectivity index (χ0) is 27.4. The lowest BCUT2D eigenvalue weighted by Gasteiger charge is -2.16. The Balaban J connectivity index is 1.44. The van der Waals surface area contributed by atoms with Gasteiger partial charge in [0.1, 0.15) is 23.8 Å². The molecule has 202 valence electrons. The monoisotopic (exact) mass is 531 g/mol. The van der Waals surface area contributed by atoms with E-state index in [1.54, 1.807) is 7.05 Å². The second-order valence-corrected chi connectivity index (χ2v) is 8.83. The molecule has 4 amide bonds. The van der Waals surface area contributed by atoms with Gasteiger partial charge in [-0.25, -0.2) is 18.4 Å². The van der Waals surface area contributed by atoms with Crippen LogP contribution in [0.1, 0.15) is 6.92 Å². The van der Waals surface area contributed by atoms with Crippen LogP contribution in [0.3, 0.4) is 0 Å². The quantitative estimate of drug-likeness (QED) is 0.450. The third-order valence-corrected chi connectivity index (χ3v) is 6.01. The normalized spacial score (nSPS) is 18.8. The van der Waals surface area contributed by atoms with Crippen molar-refractivity contribution in [3.63, 3.8) is 0 Å². The Morgan fingerprint density at radius 3 is 1.76 bits per heavy atom. The first-order chi connectivity index (χ1) is 18.2. The van der Waals surface area contributed by atoms with E-state index in [4.69, 9.17) is 9.47 Å². The predicted molar refractivity (Wildman–Crippen MR) is 133 cm³/mol. The number of nitrogens with zero attached hydrogens (tertiary/aromatic N) is 2. The van der Waals surface area contributed by atoms with Crippen molar-refractivity contribution in [2.24, 2.45) is 0 Å². The van der Waals surface area contributed by atoms with Crippen LogP contribution in [-0.2, 0) is 19.1 Å². The lowest BCUT2D eigenvalue weighted by atomic mass is 10.0. The Hall–Kier alpha value is -4.26. The van der Waals surface area contributed by atoms with E-state index < -0.39 is 36.0 Å². The third kappa shape index (κ3) is 5.99. The molecule has 0 radical (unpaired) electrons. The third-order valence-electron chi connectivity index (χ3n) is 6.01. The number of benzene rings is 2.